The zero-order valence-corrected chi connectivity index (χ0v) is 19.9. The number of carbonyl (C=O) groups is 2. The Morgan fingerprint density at radius 3 is 2.36 bits per heavy atom. The summed E-state index contributed by atoms with van der Waals surface area (Å²) >= 11 is 0. The Hall–Kier alpha value is -4.73. The lowest BCUT2D eigenvalue weighted by Crippen LogP contribution is -2.19. The summed E-state index contributed by atoms with van der Waals surface area (Å²) in [5.74, 6) is 1.85. The van der Waals surface area contributed by atoms with Gasteiger partial charge in [-0.15, -0.1) is 0 Å². The molecule has 0 radical (unpaired) electrons. The Balaban J connectivity index is 1.36. The summed E-state index contributed by atoms with van der Waals surface area (Å²) in [7, 11) is 4.53. The molecule has 1 heterocycles. The molecule has 3 aromatic rings. The van der Waals surface area contributed by atoms with Crippen molar-refractivity contribution in [2.75, 3.05) is 28.1 Å². The summed E-state index contributed by atoms with van der Waals surface area (Å²) in [6.45, 7) is 0.112. The van der Waals surface area contributed by atoms with Gasteiger partial charge >= 0.3 is 5.97 Å². The van der Waals surface area contributed by atoms with Crippen LogP contribution in [0.15, 0.2) is 59.7 Å². The number of hydrogen-bond donors (Lipinski definition) is 1. The van der Waals surface area contributed by atoms with Gasteiger partial charge in [0.15, 0.2) is 34.5 Å². The molecule has 1 amide bonds. The van der Waals surface area contributed by atoms with E-state index in [2.05, 4.69) is 10.5 Å². The maximum atomic E-state index is 12.6. The lowest BCUT2D eigenvalue weighted by molar-refractivity contribution is -0.120. The van der Waals surface area contributed by atoms with Crippen molar-refractivity contribution in [2.45, 2.75) is 6.42 Å². The number of nitrogens with zero attached hydrogens (tertiary/aromatic N) is 1. The Kier molecular flexibility index (Phi) is 7.54. The average Bonchev–Trinajstić information content (AvgIpc) is 3.37. The number of nitrogens with one attached hydrogen (secondary N) is 1. The average molecular weight is 492 g/mol. The molecular formula is C26H24N2O8. The first-order valence-corrected chi connectivity index (χ1v) is 10.8. The van der Waals surface area contributed by atoms with Crippen LogP contribution in [0.1, 0.15) is 21.5 Å². The second kappa shape index (κ2) is 11.1. The fraction of sp³-hybridized carbons (Fsp3) is 0.192. The summed E-state index contributed by atoms with van der Waals surface area (Å²) in [6, 6.07) is 14.9. The number of rotatable bonds is 9. The SMILES string of the molecule is COc1ccc(CC(=O)NN=Cc2ccc(OC(=O)c3ccc4c(c3)OCO4)c(OC)c2)cc1OC. The number of amides is 1. The predicted octanol–water partition coefficient (Wildman–Crippen LogP) is 3.35. The topological polar surface area (TPSA) is 114 Å². The molecule has 0 bridgehead atoms. The number of benzene rings is 3. The third-order valence-corrected chi connectivity index (χ3v) is 5.21. The first kappa shape index (κ1) is 24.4. The molecule has 186 valence electrons. The number of fused-ring (bicyclic) bond motifs is 1. The number of ether oxygens (including phenoxy) is 6. The van der Waals surface area contributed by atoms with E-state index < -0.39 is 5.97 Å². The number of hydrazone groups is 1. The fourth-order valence-electron chi connectivity index (χ4n) is 3.43. The van der Waals surface area contributed by atoms with Gasteiger partial charge in [-0.05, 0) is 59.7 Å². The van der Waals surface area contributed by atoms with Gasteiger partial charge in [-0.1, -0.05) is 6.07 Å². The number of hydrogen-bond acceptors (Lipinski definition) is 9. The van der Waals surface area contributed by atoms with Crippen molar-refractivity contribution in [3.63, 3.8) is 0 Å². The van der Waals surface area contributed by atoms with E-state index in [9.17, 15) is 9.59 Å². The van der Waals surface area contributed by atoms with Crippen LogP contribution in [0.5, 0.6) is 34.5 Å². The highest BCUT2D eigenvalue weighted by atomic mass is 16.7. The largest absolute Gasteiger partial charge is 0.493 e. The number of carbonyl (C=O) groups excluding carboxylic acids is 2. The predicted molar refractivity (Wildman–Crippen MR) is 130 cm³/mol. The van der Waals surface area contributed by atoms with Crippen molar-refractivity contribution in [1.82, 2.24) is 5.43 Å². The third-order valence-electron chi connectivity index (χ3n) is 5.21. The van der Waals surface area contributed by atoms with Crippen LogP contribution in [0.4, 0.5) is 0 Å². The molecule has 0 fully saturated rings. The van der Waals surface area contributed by atoms with Crippen LogP contribution < -0.4 is 33.8 Å². The van der Waals surface area contributed by atoms with E-state index in [1.165, 1.54) is 20.4 Å². The Bertz CT molecular complexity index is 1310. The minimum absolute atomic E-state index is 0.107. The second-order valence-electron chi connectivity index (χ2n) is 7.53. The molecule has 1 aliphatic heterocycles. The highest BCUT2D eigenvalue weighted by Crippen LogP contribution is 2.34. The minimum Gasteiger partial charge on any atom is -0.493 e. The van der Waals surface area contributed by atoms with Crippen LogP contribution in [0.25, 0.3) is 0 Å². The van der Waals surface area contributed by atoms with Crippen LogP contribution in [0, 0.1) is 0 Å². The van der Waals surface area contributed by atoms with Crippen LogP contribution in [-0.4, -0.2) is 46.2 Å². The monoisotopic (exact) mass is 492 g/mol. The lowest BCUT2D eigenvalue weighted by atomic mass is 10.1. The van der Waals surface area contributed by atoms with Gasteiger partial charge in [-0.25, -0.2) is 10.2 Å². The van der Waals surface area contributed by atoms with Gasteiger partial charge in [0.1, 0.15) is 0 Å². The van der Waals surface area contributed by atoms with E-state index in [1.807, 2.05) is 0 Å². The normalized spacial score (nSPS) is 11.8. The molecule has 10 heteroatoms. The maximum absolute atomic E-state index is 12.6. The molecule has 1 N–H and O–H groups in total. The highest BCUT2D eigenvalue weighted by Gasteiger charge is 2.18. The summed E-state index contributed by atoms with van der Waals surface area (Å²) in [5.41, 5.74) is 4.16. The van der Waals surface area contributed by atoms with E-state index in [-0.39, 0.29) is 24.9 Å². The Morgan fingerprint density at radius 1 is 0.861 bits per heavy atom. The molecule has 0 spiro atoms. The van der Waals surface area contributed by atoms with Crippen LogP contribution in [0.3, 0.4) is 0 Å². The van der Waals surface area contributed by atoms with Gasteiger partial charge in [0.2, 0.25) is 12.7 Å². The molecular weight excluding hydrogens is 468 g/mol. The molecule has 0 saturated carbocycles. The molecule has 0 aliphatic carbocycles. The first-order valence-electron chi connectivity index (χ1n) is 10.8. The standard InChI is InChI=1S/C26H24N2O8/c1-31-19-7-4-16(10-22(19)32-2)12-25(29)28-27-14-17-5-8-21(23(11-17)33-3)36-26(30)18-6-9-20-24(13-18)35-15-34-20/h4-11,13-14H,12,15H2,1-3H3,(H,28,29). The molecule has 4 rings (SSSR count). The van der Waals surface area contributed by atoms with Gasteiger partial charge in [-0.3, -0.25) is 4.79 Å². The van der Waals surface area contributed by atoms with E-state index in [0.29, 0.717) is 39.9 Å². The lowest BCUT2D eigenvalue weighted by Gasteiger charge is -2.10. The molecule has 0 saturated heterocycles. The molecule has 0 unspecified atom stereocenters. The highest BCUT2D eigenvalue weighted by molar-refractivity contribution is 5.92. The van der Waals surface area contributed by atoms with E-state index in [0.717, 1.165) is 5.56 Å². The van der Waals surface area contributed by atoms with Gasteiger partial charge in [0.05, 0.1) is 39.5 Å². The fourth-order valence-corrected chi connectivity index (χ4v) is 3.43. The summed E-state index contributed by atoms with van der Waals surface area (Å²) in [5, 5.41) is 3.99. The summed E-state index contributed by atoms with van der Waals surface area (Å²) in [4.78, 5) is 24.8. The first-order chi connectivity index (χ1) is 17.5. The van der Waals surface area contributed by atoms with Crippen molar-refractivity contribution in [3.8, 4) is 34.5 Å². The summed E-state index contributed by atoms with van der Waals surface area (Å²) in [6.07, 6.45) is 1.56. The minimum atomic E-state index is -0.574. The quantitative estimate of drug-likeness (QED) is 0.209. The zero-order valence-electron chi connectivity index (χ0n) is 19.9. The molecule has 0 aromatic heterocycles. The van der Waals surface area contributed by atoms with Crippen molar-refractivity contribution >= 4 is 18.1 Å². The Labute approximate surface area is 207 Å². The van der Waals surface area contributed by atoms with Crippen LogP contribution in [0.2, 0.25) is 0 Å². The second-order valence-corrected chi connectivity index (χ2v) is 7.53. The van der Waals surface area contributed by atoms with E-state index >= 15 is 0 Å². The molecule has 36 heavy (non-hydrogen) atoms. The summed E-state index contributed by atoms with van der Waals surface area (Å²) < 4.78 is 31.8. The van der Waals surface area contributed by atoms with Crippen molar-refractivity contribution in [3.05, 3.63) is 71.3 Å². The molecule has 3 aromatic carbocycles. The van der Waals surface area contributed by atoms with Gasteiger partial charge in [0, 0.05) is 0 Å². The van der Waals surface area contributed by atoms with E-state index in [1.54, 1.807) is 61.7 Å². The van der Waals surface area contributed by atoms with Crippen molar-refractivity contribution < 1.29 is 38.0 Å². The zero-order chi connectivity index (χ0) is 25.5. The molecule has 1 aliphatic rings. The van der Waals surface area contributed by atoms with Gasteiger partial charge < -0.3 is 28.4 Å². The van der Waals surface area contributed by atoms with Crippen LogP contribution in [-0.2, 0) is 11.2 Å². The van der Waals surface area contributed by atoms with Gasteiger partial charge in [0.25, 0.3) is 0 Å². The number of esters is 1. The smallest absolute Gasteiger partial charge is 0.343 e. The van der Waals surface area contributed by atoms with Gasteiger partial charge in [-0.2, -0.15) is 5.10 Å². The maximum Gasteiger partial charge on any atom is 0.343 e. The Morgan fingerprint density at radius 2 is 1.58 bits per heavy atom. The molecule has 0 atom stereocenters. The van der Waals surface area contributed by atoms with Crippen molar-refractivity contribution in [1.29, 1.82) is 0 Å². The molecule has 10 nitrogen and oxygen atoms in total. The van der Waals surface area contributed by atoms with E-state index in [4.69, 9.17) is 28.4 Å². The van der Waals surface area contributed by atoms with Crippen LogP contribution >= 0.6 is 0 Å². The third kappa shape index (κ3) is 5.66. The number of methoxy groups -OCH3 is 3. The van der Waals surface area contributed by atoms with Crippen molar-refractivity contribution in [2.24, 2.45) is 5.10 Å².